The molecule has 7 heteroatoms. The number of sulfone groups is 1. The molecule has 0 aliphatic carbocycles. The van der Waals surface area contributed by atoms with E-state index in [1.54, 1.807) is 12.1 Å². The smallest absolute Gasteiger partial charge is 0.338 e. The maximum atomic E-state index is 11.9. The molecule has 0 radical (unpaired) electrons. The van der Waals surface area contributed by atoms with E-state index in [9.17, 15) is 18.0 Å². The minimum atomic E-state index is -3.05. The van der Waals surface area contributed by atoms with Gasteiger partial charge in [-0.25, -0.2) is 13.2 Å². The zero-order valence-corrected chi connectivity index (χ0v) is 13.4. The molecule has 1 heterocycles. The SMILES string of the molecule is Cc1cc(C)cc(C(=O)OCC(=O)N[C@H]2CCS(=O)(=O)C2)c1. The van der Waals surface area contributed by atoms with Gasteiger partial charge >= 0.3 is 5.97 Å². The molecule has 0 saturated carbocycles. The number of ether oxygens (including phenoxy) is 1. The second-order valence-corrected chi connectivity index (χ2v) is 7.85. The van der Waals surface area contributed by atoms with Gasteiger partial charge in [0, 0.05) is 6.04 Å². The van der Waals surface area contributed by atoms with E-state index < -0.39 is 34.4 Å². The van der Waals surface area contributed by atoms with Crippen LogP contribution in [0.15, 0.2) is 18.2 Å². The van der Waals surface area contributed by atoms with Crippen molar-refractivity contribution in [1.29, 1.82) is 0 Å². The minimum absolute atomic E-state index is 0.0518. The van der Waals surface area contributed by atoms with Crippen molar-refractivity contribution < 1.29 is 22.7 Å². The predicted octanol–water partition coefficient (Wildman–Crippen LogP) is 0.764. The van der Waals surface area contributed by atoms with Crippen LogP contribution in [0.3, 0.4) is 0 Å². The van der Waals surface area contributed by atoms with Gasteiger partial charge in [-0.05, 0) is 32.4 Å². The first-order valence-electron chi connectivity index (χ1n) is 7.00. The summed E-state index contributed by atoms with van der Waals surface area (Å²) in [7, 11) is -3.05. The maximum Gasteiger partial charge on any atom is 0.338 e. The van der Waals surface area contributed by atoms with Crippen molar-refractivity contribution >= 4 is 21.7 Å². The van der Waals surface area contributed by atoms with Crippen LogP contribution in [0.1, 0.15) is 27.9 Å². The molecule has 1 aliphatic rings. The van der Waals surface area contributed by atoms with Crippen molar-refractivity contribution in [3.05, 3.63) is 34.9 Å². The molecule has 0 aromatic heterocycles. The second-order valence-electron chi connectivity index (χ2n) is 5.62. The zero-order valence-electron chi connectivity index (χ0n) is 12.6. The fraction of sp³-hybridized carbons (Fsp3) is 0.467. The normalized spacial score (nSPS) is 19.6. The highest BCUT2D eigenvalue weighted by Gasteiger charge is 2.29. The molecule has 1 fully saturated rings. The summed E-state index contributed by atoms with van der Waals surface area (Å²) in [6.07, 6.45) is 0.402. The minimum Gasteiger partial charge on any atom is -0.452 e. The number of hydrogen-bond donors (Lipinski definition) is 1. The number of carbonyl (C=O) groups excluding carboxylic acids is 2. The van der Waals surface area contributed by atoms with Crippen LogP contribution in [0.2, 0.25) is 0 Å². The Morgan fingerprint density at radius 2 is 1.86 bits per heavy atom. The Morgan fingerprint density at radius 1 is 1.23 bits per heavy atom. The lowest BCUT2D eigenvalue weighted by molar-refractivity contribution is -0.124. The molecule has 2 rings (SSSR count). The Hall–Kier alpha value is -1.89. The molecule has 1 atom stereocenters. The number of aryl methyl sites for hydroxylation is 2. The van der Waals surface area contributed by atoms with E-state index >= 15 is 0 Å². The number of rotatable bonds is 4. The Labute approximate surface area is 129 Å². The summed E-state index contributed by atoms with van der Waals surface area (Å²) in [4.78, 5) is 23.6. The van der Waals surface area contributed by atoms with Crippen LogP contribution in [0.4, 0.5) is 0 Å². The van der Waals surface area contributed by atoms with E-state index in [0.717, 1.165) is 11.1 Å². The largest absolute Gasteiger partial charge is 0.452 e. The van der Waals surface area contributed by atoms with Crippen LogP contribution in [-0.4, -0.2) is 44.4 Å². The van der Waals surface area contributed by atoms with Crippen LogP contribution in [-0.2, 0) is 19.4 Å². The Kier molecular flexibility index (Phi) is 4.85. The van der Waals surface area contributed by atoms with E-state index in [4.69, 9.17) is 4.74 Å². The molecule has 1 amide bonds. The lowest BCUT2D eigenvalue weighted by atomic mass is 10.1. The first kappa shape index (κ1) is 16.5. The summed E-state index contributed by atoms with van der Waals surface area (Å²) in [5, 5.41) is 2.57. The number of hydrogen-bond acceptors (Lipinski definition) is 5. The molecular formula is C15H19NO5S. The topological polar surface area (TPSA) is 89.5 Å². The number of benzene rings is 1. The van der Waals surface area contributed by atoms with Crippen molar-refractivity contribution in [2.45, 2.75) is 26.3 Å². The van der Waals surface area contributed by atoms with Crippen LogP contribution < -0.4 is 5.32 Å². The molecule has 0 unspecified atom stereocenters. The van der Waals surface area contributed by atoms with Gasteiger partial charge in [0.05, 0.1) is 17.1 Å². The van der Waals surface area contributed by atoms with Gasteiger partial charge in [-0.1, -0.05) is 17.2 Å². The van der Waals surface area contributed by atoms with Gasteiger partial charge < -0.3 is 10.1 Å². The molecule has 22 heavy (non-hydrogen) atoms. The van der Waals surface area contributed by atoms with Crippen LogP contribution >= 0.6 is 0 Å². The molecule has 6 nitrogen and oxygen atoms in total. The molecule has 120 valence electrons. The molecule has 1 aromatic rings. The van der Waals surface area contributed by atoms with Gasteiger partial charge in [0.1, 0.15) is 0 Å². The van der Waals surface area contributed by atoms with E-state index in [-0.39, 0.29) is 11.5 Å². The summed E-state index contributed by atoms with van der Waals surface area (Å²) >= 11 is 0. The summed E-state index contributed by atoms with van der Waals surface area (Å²) in [5.74, 6) is -1.02. The monoisotopic (exact) mass is 325 g/mol. The highest BCUT2D eigenvalue weighted by atomic mass is 32.2. The average molecular weight is 325 g/mol. The van der Waals surface area contributed by atoms with Gasteiger partial charge in [0.15, 0.2) is 16.4 Å². The Bertz CT molecular complexity index is 676. The van der Waals surface area contributed by atoms with Gasteiger partial charge in [-0.2, -0.15) is 0 Å². The highest BCUT2D eigenvalue weighted by molar-refractivity contribution is 7.91. The fourth-order valence-corrected chi connectivity index (χ4v) is 4.16. The third-order valence-corrected chi connectivity index (χ3v) is 5.16. The summed E-state index contributed by atoms with van der Waals surface area (Å²) in [5.41, 5.74) is 2.27. The molecular weight excluding hydrogens is 306 g/mol. The van der Waals surface area contributed by atoms with Gasteiger partial charge in [-0.3, -0.25) is 4.79 Å². The quantitative estimate of drug-likeness (QED) is 0.826. The molecule has 1 aromatic carbocycles. The third-order valence-electron chi connectivity index (χ3n) is 3.39. The second kappa shape index (κ2) is 6.48. The number of amides is 1. The van der Waals surface area contributed by atoms with Crippen molar-refractivity contribution in [2.75, 3.05) is 18.1 Å². The standard InChI is InChI=1S/C15H19NO5S/c1-10-5-11(2)7-12(6-10)15(18)21-8-14(17)16-13-3-4-22(19,20)9-13/h5-7,13H,3-4,8-9H2,1-2H3,(H,16,17)/t13-/m0/s1. The predicted molar refractivity (Wildman–Crippen MR) is 81.4 cm³/mol. The number of nitrogens with one attached hydrogen (secondary N) is 1. The molecule has 0 bridgehead atoms. The summed E-state index contributed by atoms with van der Waals surface area (Å²) < 4.78 is 27.6. The van der Waals surface area contributed by atoms with Crippen LogP contribution in [0.5, 0.6) is 0 Å². The zero-order chi connectivity index (χ0) is 16.3. The average Bonchev–Trinajstić information content (AvgIpc) is 2.74. The number of carbonyl (C=O) groups is 2. The maximum absolute atomic E-state index is 11.9. The van der Waals surface area contributed by atoms with Gasteiger partial charge in [0.2, 0.25) is 0 Å². The van der Waals surface area contributed by atoms with Gasteiger partial charge in [0.25, 0.3) is 5.91 Å². The van der Waals surface area contributed by atoms with Crippen molar-refractivity contribution in [1.82, 2.24) is 5.32 Å². The van der Waals surface area contributed by atoms with Crippen LogP contribution in [0.25, 0.3) is 0 Å². The fourth-order valence-electron chi connectivity index (χ4n) is 2.49. The molecule has 1 aliphatic heterocycles. The summed E-state index contributed by atoms with van der Waals surface area (Å²) in [6, 6.07) is 4.93. The molecule has 0 spiro atoms. The lowest BCUT2D eigenvalue weighted by Crippen LogP contribution is -2.38. The summed E-state index contributed by atoms with van der Waals surface area (Å²) in [6.45, 7) is 3.33. The van der Waals surface area contributed by atoms with E-state index in [0.29, 0.717) is 12.0 Å². The van der Waals surface area contributed by atoms with Gasteiger partial charge in [-0.15, -0.1) is 0 Å². The first-order valence-corrected chi connectivity index (χ1v) is 8.82. The van der Waals surface area contributed by atoms with Crippen molar-refractivity contribution in [2.24, 2.45) is 0 Å². The van der Waals surface area contributed by atoms with Crippen molar-refractivity contribution in [3.63, 3.8) is 0 Å². The van der Waals surface area contributed by atoms with E-state index in [1.165, 1.54) is 0 Å². The Balaban J connectivity index is 1.84. The number of esters is 1. The van der Waals surface area contributed by atoms with Crippen molar-refractivity contribution in [3.8, 4) is 0 Å². The lowest BCUT2D eigenvalue weighted by Gasteiger charge is -2.11. The first-order chi connectivity index (χ1) is 10.2. The van der Waals surface area contributed by atoms with Crippen LogP contribution in [0, 0.1) is 13.8 Å². The third kappa shape index (κ3) is 4.56. The molecule has 1 N–H and O–H groups in total. The van der Waals surface area contributed by atoms with E-state index in [2.05, 4.69) is 5.32 Å². The molecule has 1 saturated heterocycles. The highest BCUT2D eigenvalue weighted by Crippen LogP contribution is 2.12. The van der Waals surface area contributed by atoms with E-state index in [1.807, 2.05) is 19.9 Å². The Morgan fingerprint density at radius 3 is 2.41 bits per heavy atom.